The van der Waals surface area contributed by atoms with Gasteiger partial charge >= 0.3 is 0 Å². The van der Waals surface area contributed by atoms with Gasteiger partial charge in [0.05, 0.1) is 6.10 Å². The van der Waals surface area contributed by atoms with Crippen LogP contribution in [0.25, 0.3) is 0 Å². The zero-order valence-electron chi connectivity index (χ0n) is 10.1. The molecule has 5 heteroatoms. The molecule has 0 aromatic heterocycles. The molecule has 1 amide bonds. The highest BCUT2D eigenvalue weighted by Gasteiger charge is 2.30. The van der Waals surface area contributed by atoms with Gasteiger partial charge in [-0.05, 0) is 24.5 Å². The van der Waals surface area contributed by atoms with Crippen molar-refractivity contribution in [1.29, 1.82) is 0 Å². The molecule has 0 bridgehead atoms. The zero-order chi connectivity index (χ0) is 13.3. The Morgan fingerprint density at radius 2 is 2.22 bits per heavy atom. The number of aromatic hydroxyl groups is 1. The number of β-amino-alcohol motifs (C(OH)–C–C–N with tert-alkyl or cyclic N) is 1. The molecule has 0 radical (unpaired) electrons. The molecule has 0 saturated carbocycles. The Balaban J connectivity index is 2.22. The second-order valence-corrected chi connectivity index (χ2v) is 4.72. The molecular formula is C13H16FNO3. The van der Waals surface area contributed by atoms with Gasteiger partial charge in [0.1, 0.15) is 17.1 Å². The topological polar surface area (TPSA) is 60.8 Å². The van der Waals surface area contributed by atoms with E-state index in [-0.39, 0.29) is 23.8 Å². The highest BCUT2D eigenvalue weighted by molar-refractivity contribution is 5.97. The number of nitrogens with zero attached hydrogens (tertiary/aromatic N) is 1. The number of carbonyl (C=O) groups is 1. The largest absolute Gasteiger partial charge is 0.507 e. The van der Waals surface area contributed by atoms with Gasteiger partial charge in [-0.3, -0.25) is 4.79 Å². The molecule has 1 aliphatic heterocycles. The minimum atomic E-state index is -0.742. The van der Waals surface area contributed by atoms with Gasteiger partial charge in [0, 0.05) is 13.1 Å². The number of phenols is 1. The predicted octanol–water partition coefficient (Wildman–Crippen LogP) is 1.37. The lowest BCUT2D eigenvalue weighted by molar-refractivity contribution is 0.0244. The summed E-state index contributed by atoms with van der Waals surface area (Å²) >= 11 is 0. The number of benzene rings is 1. The SMILES string of the molecule is CC1CCN(C(=O)c2c(O)cccc2F)CC1O. The number of aliphatic hydroxyl groups is 1. The zero-order valence-corrected chi connectivity index (χ0v) is 10.1. The number of phenolic OH excluding ortho intramolecular Hbond substituents is 1. The van der Waals surface area contributed by atoms with Crippen LogP contribution in [0.1, 0.15) is 23.7 Å². The van der Waals surface area contributed by atoms with Crippen LogP contribution >= 0.6 is 0 Å². The summed E-state index contributed by atoms with van der Waals surface area (Å²) in [6.07, 6.45) is 0.0684. The Labute approximate surface area is 105 Å². The predicted molar refractivity (Wildman–Crippen MR) is 63.8 cm³/mol. The average Bonchev–Trinajstić information content (AvgIpc) is 2.32. The smallest absolute Gasteiger partial charge is 0.260 e. The highest BCUT2D eigenvalue weighted by Crippen LogP contribution is 2.24. The molecule has 4 nitrogen and oxygen atoms in total. The number of aliphatic hydroxyl groups excluding tert-OH is 1. The number of hydrogen-bond donors (Lipinski definition) is 2. The van der Waals surface area contributed by atoms with Crippen molar-refractivity contribution < 1.29 is 19.4 Å². The highest BCUT2D eigenvalue weighted by atomic mass is 19.1. The van der Waals surface area contributed by atoms with Crippen LogP contribution in [0.5, 0.6) is 5.75 Å². The van der Waals surface area contributed by atoms with Gasteiger partial charge in [-0.2, -0.15) is 0 Å². The third kappa shape index (κ3) is 2.31. The van der Waals surface area contributed by atoms with E-state index in [4.69, 9.17) is 0 Å². The summed E-state index contributed by atoms with van der Waals surface area (Å²) in [4.78, 5) is 13.5. The fourth-order valence-corrected chi connectivity index (χ4v) is 2.12. The van der Waals surface area contributed by atoms with E-state index in [0.29, 0.717) is 13.0 Å². The first kappa shape index (κ1) is 12.8. The van der Waals surface area contributed by atoms with Crippen LogP contribution in [0.4, 0.5) is 4.39 Å². The Morgan fingerprint density at radius 1 is 1.50 bits per heavy atom. The van der Waals surface area contributed by atoms with Crippen molar-refractivity contribution >= 4 is 5.91 Å². The van der Waals surface area contributed by atoms with E-state index < -0.39 is 17.8 Å². The van der Waals surface area contributed by atoms with E-state index in [2.05, 4.69) is 0 Å². The standard InChI is InChI=1S/C13H16FNO3/c1-8-5-6-15(7-11(8)17)13(18)12-9(14)3-2-4-10(12)16/h2-4,8,11,16-17H,5-7H2,1H3. The van der Waals surface area contributed by atoms with Crippen molar-refractivity contribution in [3.05, 3.63) is 29.6 Å². The Morgan fingerprint density at radius 3 is 2.83 bits per heavy atom. The fraction of sp³-hybridized carbons (Fsp3) is 0.462. The van der Waals surface area contributed by atoms with Crippen molar-refractivity contribution in [2.24, 2.45) is 5.92 Å². The Hall–Kier alpha value is -1.62. The quantitative estimate of drug-likeness (QED) is 0.794. The summed E-state index contributed by atoms with van der Waals surface area (Å²) < 4.78 is 13.6. The van der Waals surface area contributed by atoms with Crippen LogP contribution in [0, 0.1) is 11.7 Å². The maximum atomic E-state index is 13.6. The van der Waals surface area contributed by atoms with Crippen LogP contribution in [0.3, 0.4) is 0 Å². The summed E-state index contributed by atoms with van der Waals surface area (Å²) in [5.74, 6) is -1.55. The van der Waals surface area contributed by atoms with Gasteiger partial charge < -0.3 is 15.1 Å². The van der Waals surface area contributed by atoms with E-state index in [0.717, 1.165) is 6.07 Å². The number of amides is 1. The van der Waals surface area contributed by atoms with Crippen LogP contribution in [0.15, 0.2) is 18.2 Å². The lowest BCUT2D eigenvalue weighted by Crippen LogP contribution is -2.46. The summed E-state index contributed by atoms with van der Waals surface area (Å²) in [5, 5.41) is 19.3. The third-order valence-corrected chi connectivity index (χ3v) is 3.41. The van der Waals surface area contributed by atoms with Crippen LogP contribution < -0.4 is 0 Å². The lowest BCUT2D eigenvalue weighted by atomic mass is 9.95. The second-order valence-electron chi connectivity index (χ2n) is 4.72. The molecular weight excluding hydrogens is 237 g/mol. The summed E-state index contributed by atoms with van der Waals surface area (Å²) in [6, 6.07) is 3.75. The molecule has 1 fully saturated rings. The van der Waals surface area contributed by atoms with Gasteiger partial charge in [0.2, 0.25) is 0 Å². The van der Waals surface area contributed by atoms with Gasteiger partial charge in [-0.15, -0.1) is 0 Å². The van der Waals surface area contributed by atoms with Crippen molar-refractivity contribution in [3.8, 4) is 5.75 Å². The van der Waals surface area contributed by atoms with Crippen LogP contribution in [0.2, 0.25) is 0 Å². The minimum Gasteiger partial charge on any atom is -0.507 e. The molecule has 1 aromatic carbocycles. The van der Waals surface area contributed by atoms with Crippen molar-refractivity contribution in [2.45, 2.75) is 19.4 Å². The van der Waals surface area contributed by atoms with E-state index in [9.17, 15) is 19.4 Å². The molecule has 1 saturated heterocycles. The molecule has 2 rings (SSSR count). The molecule has 0 spiro atoms. The fourth-order valence-electron chi connectivity index (χ4n) is 2.12. The van der Waals surface area contributed by atoms with E-state index >= 15 is 0 Å². The third-order valence-electron chi connectivity index (χ3n) is 3.41. The van der Waals surface area contributed by atoms with Gasteiger partial charge in [-0.25, -0.2) is 4.39 Å². The van der Waals surface area contributed by atoms with E-state index in [1.807, 2.05) is 6.92 Å². The molecule has 98 valence electrons. The lowest BCUT2D eigenvalue weighted by Gasteiger charge is -2.34. The number of likely N-dealkylation sites (tertiary alicyclic amines) is 1. The van der Waals surface area contributed by atoms with Crippen molar-refractivity contribution in [2.75, 3.05) is 13.1 Å². The first-order valence-corrected chi connectivity index (χ1v) is 5.95. The average molecular weight is 253 g/mol. The minimum absolute atomic E-state index is 0.128. The Bertz CT molecular complexity index is 443. The summed E-state index contributed by atoms with van der Waals surface area (Å²) in [7, 11) is 0. The number of halogens is 1. The summed E-state index contributed by atoms with van der Waals surface area (Å²) in [6.45, 7) is 2.55. The number of hydrogen-bond acceptors (Lipinski definition) is 3. The monoisotopic (exact) mass is 253 g/mol. The van der Waals surface area contributed by atoms with Crippen molar-refractivity contribution in [3.63, 3.8) is 0 Å². The molecule has 1 aliphatic rings. The number of carbonyl (C=O) groups excluding carboxylic acids is 1. The maximum absolute atomic E-state index is 13.6. The van der Waals surface area contributed by atoms with E-state index in [1.54, 1.807) is 0 Å². The number of piperidine rings is 1. The molecule has 2 atom stereocenters. The van der Waals surface area contributed by atoms with Gasteiger partial charge in [-0.1, -0.05) is 13.0 Å². The number of rotatable bonds is 1. The van der Waals surface area contributed by atoms with Crippen LogP contribution in [-0.2, 0) is 0 Å². The first-order valence-electron chi connectivity index (χ1n) is 5.95. The second kappa shape index (κ2) is 4.94. The van der Waals surface area contributed by atoms with Gasteiger partial charge in [0.25, 0.3) is 5.91 Å². The molecule has 2 unspecified atom stereocenters. The molecule has 18 heavy (non-hydrogen) atoms. The van der Waals surface area contributed by atoms with Crippen LogP contribution in [-0.4, -0.2) is 40.2 Å². The first-order chi connectivity index (χ1) is 8.50. The molecule has 2 N–H and O–H groups in total. The normalized spacial score (nSPS) is 24.1. The molecule has 1 heterocycles. The molecule has 1 aromatic rings. The Kier molecular flexibility index (Phi) is 3.52. The van der Waals surface area contributed by atoms with E-state index in [1.165, 1.54) is 17.0 Å². The maximum Gasteiger partial charge on any atom is 0.260 e. The molecule has 0 aliphatic carbocycles. The van der Waals surface area contributed by atoms with Crippen molar-refractivity contribution in [1.82, 2.24) is 4.90 Å². The summed E-state index contributed by atoms with van der Waals surface area (Å²) in [5.41, 5.74) is -0.320. The van der Waals surface area contributed by atoms with Gasteiger partial charge in [0.15, 0.2) is 0 Å².